The van der Waals surface area contributed by atoms with E-state index >= 15 is 0 Å². The van der Waals surface area contributed by atoms with Crippen molar-refractivity contribution in [2.75, 3.05) is 6.61 Å². The van der Waals surface area contributed by atoms with Crippen molar-refractivity contribution in [3.8, 4) is 11.8 Å². The number of ether oxygens (including phenoxy) is 1. The molecule has 0 heterocycles. The Morgan fingerprint density at radius 3 is 2.77 bits per heavy atom. The second-order valence-electron chi connectivity index (χ2n) is 2.64. The van der Waals surface area contributed by atoms with Crippen LogP contribution in [0.4, 0.5) is 0 Å². The molecule has 3 heteroatoms. The molecule has 0 aliphatic rings. The molecule has 2 nitrogen and oxygen atoms in total. The number of hydrogen-bond donors (Lipinski definition) is 0. The lowest BCUT2D eigenvalue weighted by atomic mass is 10.1. The molecule has 0 amide bonds. The summed E-state index contributed by atoms with van der Waals surface area (Å²) >= 11 is 5.88. The molecule has 1 aromatic carbocycles. The Bertz CT molecular complexity index is 355. The van der Waals surface area contributed by atoms with Gasteiger partial charge in [-0.2, -0.15) is 5.26 Å². The highest BCUT2D eigenvalue weighted by atomic mass is 35.5. The van der Waals surface area contributed by atoms with E-state index in [1.165, 1.54) is 0 Å². The molecule has 0 aliphatic carbocycles. The Labute approximate surface area is 82.7 Å². The van der Waals surface area contributed by atoms with Gasteiger partial charge in [-0.15, -0.1) is 0 Å². The van der Waals surface area contributed by atoms with Gasteiger partial charge in [-0.25, -0.2) is 0 Å². The molecule has 0 radical (unpaired) electrons. The minimum absolute atomic E-state index is 0.490. The van der Waals surface area contributed by atoms with Crippen molar-refractivity contribution in [3.05, 3.63) is 28.3 Å². The first-order valence-corrected chi connectivity index (χ1v) is 4.40. The number of nitrogens with zero attached hydrogens (tertiary/aromatic N) is 1. The Morgan fingerprint density at radius 1 is 1.54 bits per heavy atom. The average molecular weight is 196 g/mol. The van der Waals surface area contributed by atoms with Gasteiger partial charge in [-0.1, -0.05) is 11.6 Å². The lowest BCUT2D eigenvalue weighted by molar-refractivity contribution is 0.340. The second-order valence-corrected chi connectivity index (χ2v) is 3.05. The largest absolute Gasteiger partial charge is 0.492 e. The van der Waals surface area contributed by atoms with E-state index < -0.39 is 0 Å². The van der Waals surface area contributed by atoms with E-state index in [0.717, 1.165) is 5.56 Å². The molecule has 1 aromatic rings. The van der Waals surface area contributed by atoms with Gasteiger partial charge in [0.15, 0.2) is 0 Å². The van der Waals surface area contributed by atoms with E-state index in [0.29, 0.717) is 22.9 Å². The van der Waals surface area contributed by atoms with Gasteiger partial charge < -0.3 is 4.74 Å². The van der Waals surface area contributed by atoms with Crippen LogP contribution in [0, 0.1) is 18.3 Å². The Balaban J connectivity index is 3.14. The third kappa shape index (κ3) is 2.13. The fourth-order valence-corrected chi connectivity index (χ4v) is 1.26. The number of benzene rings is 1. The first-order valence-electron chi connectivity index (χ1n) is 4.02. The zero-order valence-corrected chi connectivity index (χ0v) is 8.35. The minimum Gasteiger partial charge on any atom is -0.492 e. The maximum atomic E-state index is 8.71. The molecule has 0 aromatic heterocycles. The monoisotopic (exact) mass is 195 g/mol. The van der Waals surface area contributed by atoms with Crippen LogP contribution in [0.3, 0.4) is 0 Å². The van der Waals surface area contributed by atoms with Crippen LogP contribution >= 0.6 is 11.6 Å². The normalized spacial score (nSPS) is 9.38. The first-order chi connectivity index (χ1) is 6.19. The molecule has 0 N–H and O–H groups in total. The van der Waals surface area contributed by atoms with Gasteiger partial charge in [-0.05, 0) is 31.5 Å². The molecule has 0 fully saturated rings. The van der Waals surface area contributed by atoms with Crippen LogP contribution in [0.25, 0.3) is 0 Å². The van der Waals surface area contributed by atoms with Gasteiger partial charge in [0.05, 0.1) is 23.3 Å². The maximum absolute atomic E-state index is 8.71. The molecule has 0 unspecified atom stereocenters. The summed E-state index contributed by atoms with van der Waals surface area (Å²) in [6.07, 6.45) is 0. The van der Waals surface area contributed by atoms with E-state index in [2.05, 4.69) is 6.07 Å². The summed E-state index contributed by atoms with van der Waals surface area (Å²) in [5.74, 6) is 0.640. The van der Waals surface area contributed by atoms with Gasteiger partial charge in [0.25, 0.3) is 0 Å². The van der Waals surface area contributed by atoms with Crippen LogP contribution in [0.5, 0.6) is 5.75 Å². The molecule has 0 saturated carbocycles. The Hall–Kier alpha value is -1.20. The number of halogens is 1. The van der Waals surface area contributed by atoms with Crippen molar-refractivity contribution < 1.29 is 4.74 Å². The smallest absolute Gasteiger partial charge is 0.138 e. The highest BCUT2D eigenvalue weighted by Crippen LogP contribution is 2.27. The molecule has 0 bridgehead atoms. The van der Waals surface area contributed by atoms with Crippen LogP contribution < -0.4 is 4.74 Å². The molecule has 13 heavy (non-hydrogen) atoms. The lowest BCUT2D eigenvalue weighted by Crippen LogP contribution is -1.94. The Kier molecular flexibility index (Phi) is 3.16. The van der Waals surface area contributed by atoms with E-state index in [1.54, 1.807) is 12.1 Å². The average Bonchev–Trinajstić information content (AvgIpc) is 2.11. The Morgan fingerprint density at radius 2 is 2.23 bits per heavy atom. The van der Waals surface area contributed by atoms with Crippen LogP contribution in [0.15, 0.2) is 12.1 Å². The molecule has 0 aliphatic heterocycles. The molecule has 0 saturated heterocycles. The number of rotatable bonds is 2. The highest BCUT2D eigenvalue weighted by molar-refractivity contribution is 6.32. The molecular weight excluding hydrogens is 186 g/mol. The van der Waals surface area contributed by atoms with Gasteiger partial charge in [0.2, 0.25) is 0 Å². The third-order valence-electron chi connectivity index (χ3n) is 1.70. The molecule has 1 rings (SSSR count). The predicted octanol–water partition coefficient (Wildman–Crippen LogP) is 2.92. The van der Waals surface area contributed by atoms with Crippen molar-refractivity contribution in [1.82, 2.24) is 0 Å². The summed E-state index contributed by atoms with van der Waals surface area (Å²) in [5.41, 5.74) is 1.48. The number of aryl methyl sites for hydroxylation is 1. The number of nitriles is 1. The maximum Gasteiger partial charge on any atom is 0.138 e. The summed E-state index contributed by atoms with van der Waals surface area (Å²) in [7, 11) is 0. The standard InChI is InChI=1S/C10H10ClNO/c1-3-13-10-4-7(2)8(6-12)5-9(10)11/h4-5H,3H2,1-2H3. The van der Waals surface area contributed by atoms with E-state index in [1.807, 2.05) is 13.8 Å². The second kappa shape index (κ2) is 4.15. The van der Waals surface area contributed by atoms with Crippen LogP contribution in [-0.4, -0.2) is 6.61 Å². The summed E-state index contributed by atoms with van der Waals surface area (Å²) in [5, 5.41) is 9.20. The lowest BCUT2D eigenvalue weighted by Gasteiger charge is -2.07. The first kappa shape index (κ1) is 9.88. The highest BCUT2D eigenvalue weighted by Gasteiger charge is 2.05. The molecule has 68 valence electrons. The van der Waals surface area contributed by atoms with Gasteiger partial charge in [-0.3, -0.25) is 0 Å². The summed E-state index contributed by atoms with van der Waals surface area (Å²) in [4.78, 5) is 0. The fourth-order valence-electron chi connectivity index (χ4n) is 1.04. The van der Waals surface area contributed by atoms with Crippen molar-refractivity contribution in [1.29, 1.82) is 5.26 Å². The van der Waals surface area contributed by atoms with Gasteiger partial charge in [0.1, 0.15) is 5.75 Å². The third-order valence-corrected chi connectivity index (χ3v) is 1.99. The molecular formula is C10H10ClNO. The van der Waals surface area contributed by atoms with Crippen molar-refractivity contribution in [3.63, 3.8) is 0 Å². The van der Waals surface area contributed by atoms with Crippen molar-refractivity contribution in [2.45, 2.75) is 13.8 Å². The predicted molar refractivity (Wildman–Crippen MR) is 52.1 cm³/mol. The van der Waals surface area contributed by atoms with Gasteiger partial charge in [0, 0.05) is 0 Å². The summed E-state index contributed by atoms with van der Waals surface area (Å²) in [6, 6.07) is 5.47. The number of hydrogen-bond acceptors (Lipinski definition) is 2. The fraction of sp³-hybridized carbons (Fsp3) is 0.300. The van der Waals surface area contributed by atoms with Crippen molar-refractivity contribution in [2.24, 2.45) is 0 Å². The summed E-state index contributed by atoms with van der Waals surface area (Å²) < 4.78 is 5.28. The van der Waals surface area contributed by atoms with Crippen LogP contribution in [0.2, 0.25) is 5.02 Å². The van der Waals surface area contributed by atoms with Crippen LogP contribution in [-0.2, 0) is 0 Å². The molecule has 0 atom stereocenters. The summed E-state index contributed by atoms with van der Waals surface area (Å²) in [6.45, 7) is 4.33. The molecule has 0 spiro atoms. The van der Waals surface area contributed by atoms with Crippen LogP contribution in [0.1, 0.15) is 18.1 Å². The van der Waals surface area contributed by atoms with Crippen molar-refractivity contribution >= 4 is 11.6 Å². The zero-order chi connectivity index (χ0) is 9.84. The van der Waals surface area contributed by atoms with E-state index in [9.17, 15) is 0 Å². The van der Waals surface area contributed by atoms with E-state index in [4.69, 9.17) is 21.6 Å². The topological polar surface area (TPSA) is 33.0 Å². The zero-order valence-electron chi connectivity index (χ0n) is 7.60. The van der Waals surface area contributed by atoms with E-state index in [-0.39, 0.29) is 0 Å². The quantitative estimate of drug-likeness (QED) is 0.727. The minimum atomic E-state index is 0.490. The van der Waals surface area contributed by atoms with Gasteiger partial charge >= 0.3 is 0 Å². The SMILES string of the molecule is CCOc1cc(C)c(C#N)cc1Cl.